The van der Waals surface area contributed by atoms with Crippen LogP contribution in [0.2, 0.25) is 0 Å². The van der Waals surface area contributed by atoms with Crippen molar-refractivity contribution in [2.24, 2.45) is 4.99 Å². The molecule has 136 valence electrons. The third-order valence-electron chi connectivity index (χ3n) is 3.99. The first-order valence-corrected chi connectivity index (χ1v) is 8.76. The fourth-order valence-corrected chi connectivity index (χ4v) is 2.42. The third-order valence-corrected chi connectivity index (χ3v) is 3.99. The number of rotatable bonds is 4. The van der Waals surface area contributed by atoms with E-state index in [2.05, 4.69) is 20.6 Å². The molecular weight excluding hydrogens is 336 g/mol. The number of aliphatic imine (C=N–C) groups is 1. The summed E-state index contributed by atoms with van der Waals surface area (Å²) in [5.74, 6) is 0.171. The molecule has 1 amide bonds. The van der Waals surface area contributed by atoms with Crippen molar-refractivity contribution in [2.75, 3.05) is 5.32 Å². The molecule has 0 unspecified atom stereocenters. The van der Waals surface area contributed by atoms with Crippen LogP contribution in [0.1, 0.15) is 27.2 Å². The molecule has 5 nitrogen and oxygen atoms in total. The summed E-state index contributed by atoms with van der Waals surface area (Å²) in [5.41, 5.74) is 4.52. The average Bonchev–Trinajstić information content (AvgIpc) is 2.69. The molecule has 0 saturated carbocycles. The second kappa shape index (κ2) is 8.76. The number of anilines is 1. The first-order chi connectivity index (χ1) is 13.1. The molecule has 1 aromatic heterocycles. The van der Waals surface area contributed by atoms with Crippen molar-refractivity contribution >= 4 is 17.6 Å². The second-order valence-electron chi connectivity index (χ2n) is 6.30. The van der Waals surface area contributed by atoms with Crippen LogP contribution in [-0.4, -0.2) is 16.9 Å². The van der Waals surface area contributed by atoms with E-state index >= 15 is 0 Å². The van der Waals surface area contributed by atoms with Crippen LogP contribution in [0.3, 0.4) is 0 Å². The van der Waals surface area contributed by atoms with Crippen LogP contribution >= 0.6 is 0 Å². The summed E-state index contributed by atoms with van der Waals surface area (Å²) in [4.78, 5) is 21.3. The molecular formula is C22H22N4O. The number of aromatic nitrogens is 1. The summed E-state index contributed by atoms with van der Waals surface area (Å²) < 4.78 is 0. The van der Waals surface area contributed by atoms with Gasteiger partial charge in [-0.05, 0) is 50.2 Å². The molecule has 0 fully saturated rings. The normalized spacial score (nSPS) is 11.1. The van der Waals surface area contributed by atoms with Crippen LogP contribution < -0.4 is 10.6 Å². The van der Waals surface area contributed by atoms with E-state index in [0.29, 0.717) is 18.1 Å². The minimum absolute atomic E-state index is 0.214. The smallest absolute Gasteiger partial charge is 0.257 e. The predicted molar refractivity (Wildman–Crippen MR) is 109 cm³/mol. The zero-order valence-corrected chi connectivity index (χ0v) is 15.4. The van der Waals surface area contributed by atoms with Crippen LogP contribution in [0.4, 0.5) is 5.69 Å². The fourth-order valence-electron chi connectivity index (χ4n) is 2.42. The molecule has 3 rings (SSSR count). The second-order valence-corrected chi connectivity index (χ2v) is 6.30. The number of carbonyl (C=O) groups excluding carboxylic acids is 1. The minimum atomic E-state index is -0.214. The van der Waals surface area contributed by atoms with Crippen LogP contribution in [0.5, 0.6) is 0 Å². The van der Waals surface area contributed by atoms with Crippen LogP contribution in [0, 0.1) is 13.8 Å². The molecule has 3 aromatic rings. The largest absolute Gasteiger partial charge is 0.326 e. The first kappa shape index (κ1) is 18.3. The Morgan fingerprint density at radius 2 is 1.59 bits per heavy atom. The van der Waals surface area contributed by atoms with Gasteiger partial charge in [0.2, 0.25) is 5.96 Å². The standard InChI is InChI=1S/C22H22N4O/c1-16-6-10-18(11-7-16)21(27)26-22(24-15-20-5-3-4-14-23-20)25-19-12-8-17(2)9-13-19/h3-14H,15H2,1-2H3,(H2,24,25,26,27). The lowest BCUT2D eigenvalue weighted by molar-refractivity contribution is 0.0977. The quantitative estimate of drug-likeness (QED) is 0.545. The van der Waals surface area contributed by atoms with Crippen LogP contribution in [0.25, 0.3) is 0 Å². The molecule has 2 N–H and O–H groups in total. The fraction of sp³-hybridized carbons (Fsp3) is 0.136. The number of amides is 1. The maximum absolute atomic E-state index is 12.6. The minimum Gasteiger partial charge on any atom is -0.326 e. The number of hydrogen-bond donors (Lipinski definition) is 2. The number of benzene rings is 2. The summed E-state index contributed by atoms with van der Waals surface area (Å²) in [6, 6.07) is 21.0. The zero-order chi connectivity index (χ0) is 19.1. The Kier molecular flexibility index (Phi) is 5.94. The van der Waals surface area contributed by atoms with Gasteiger partial charge in [-0.25, -0.2) is 4.99 Å². The number of pyridine rings is 1. The Morgan fingerprint density at radius 1 is 0.926 bits per heavy atom. The van der Waals surface area contributed by atoms with E-state index < -0.39 is 0 Å². The highest BCUT2D eigenvalue weighted by Crippen LogP contribution is 2.09. The van der Waals surface area contributed by atoms with Crippen molar-refractivity contribution in [3.05, 3.63) is 95.3 Å². The Hall–Kier alpha value is -3.47. The highest BCUT2D eigenvalue weighted by Gasteiger charge is 2.09. The van der Waals surface area contributed by atoms with Gasteiger partial charge in [0.1, 0.15) is 0 Å². The van der Waals surface area contributed by atoms with E-state index in [-0.39, 0.29) is 5.91 Å². The predicted octanol–water partition coefficient (Wildman–Crippen LogP) is 4.10. The molecule has 27 heavy (non-hydrogen) atoms. The van der Waals surface area contributed by atoms with Gasteiger partial charge in [-0.3, -0.25) is 15.1 Å². The number of nitrogens with zero attached hydrogens (tertiary/aromatic N) is 2. The third kappa shape index (κ3) is 5.51. The molecule has 0 spiro atoms. The summed E-state index contributed by atoms with van der Waals surface area (Å²) in [7, 11) is 0. The maximum Gasteiger partial charge on any atom is 0.257 e. The highest BCUT2D eigenvalue weighted by molar-refractivity contribution is 6.09. The van der Waals surface area contributed by atoms with Crippen molar-refractivity contribution in [2.45, 2.75) is 20.4 Å². The number of carbonyl (C=O) groups is 1. The molecule has 0 atom stereocenters. The van der Waals surface area contributed by atoms with Crippen LogP contribution in [-0.2, 0) is 6.54 Å². The van der Waals surface area contributed by atoms with Gasteiger partial charge in [-0.1, -0.05) is 41.5 Å². The number of guanidine groups is 1. The number of aryl methyl sites for hydroxylation is 2. The summed E-state index contributed by atoms with van der Waals surface area (Å²) in [6.45, 7) is 4.38. The first-order valence-electron chi connectivity index (χ1n) is 8.76. The van der Waals surface area contributed by atoms with Crippen molar-refractivity contribution in [1.29, 1.82) is 0 Å². The molecule has 0 aliphatic carbocycles. The van der Waals surface area contributed by atoms with Crippen molar-refractivity contribution in [3.63, 3.8) is 0 Å². The molecule has 0 saturated heterocycles. The molecule has 0 aliphatic heterocycles. The van der Waals surface area contributed by atoms with Crippen molar-refractivity contribution in [3.8, 4) is 0 Å². The summed E-state index contributed by atoms with van der Waals surface area (Å²) in [5, 5.41) is 6.04. The Labute approximate surface area is 159 Å². The van der Waals surface area contributed by atoms with Gasteiger partial charge in [-0.15, -0.1) is 0 Å². The number of nitrogens with one attached hydrogen (secondary N) is 2. The molecule has 0 radical (unpaired) electrons. The summed E-state index contributed by atoms with van der Waals surface area (Å²) in [6.07, 6.45) is 1.73. The Bertz CT molecular complexity index is 917. The van der Waals surface area contributed by atoms with E-state index in [1.54, 1.807) is 18.3 Å². The summed E-state index contributed by atoms with van der Waals surface area (Å²) >= 11 is 0. The Balaban J connectivity index is 1.78. The van der Waals surface area contributed by atoms with Crippen molar-refractivity contribution in [1.82, 2.24) is 10.3 Å². The van der Waals surface area contributed by atoms with Gasteiger partial charge in [0.25, 0.3) is 5.91 Å². The lowest BCUT2D eigenvalue weighted by atomic mass is 10.1. The monoisotopic (exact) mass is 358 g/mol. The van der Waals surface area contributed by atoms with E-state index in [1.807, 2.05) is 68.4 Å². The van der Waals surface area contributed by atoms with E-state index in [1.165, 1.54) is 0 Å². The van der Waals surface area contributed by atoms with Gasteiger partial charge in [-0.2, -0.15) is 0 Å². The highest BCUT2D eigenvalue weighted by atomic mass is 16.1. The number of hydrogen-bond acceptors (Lipinski definition) is 3. The van der Waals surface area contributed by atoms with Gasteiger partial charge in [0, 0.05) is 17.4 Å². The molecule has 1 heterocycles. The maximum atomic E-state index is 12.6. The Morgan fingerprint density at radius 3 is 2.22 bits per heavy atom. The lowest BCUT2D eigenvalue weighted by Gasteiger charge is -2.12. The lowest BCUT2D eigenvalue weighted by Crippen LogP contribution is -2.36. The molecule has 0 aliphatic rings. The van der Waals surface area contributed by atoms with E-state index in [9.17, 15) is 4.79 Å². The molecule has 0 bridgehead atoms. The van der Waals surface area contributed by atoms with Gasteiger partial charge >= 0.3 is 0 Å². The van der Waals surface area contributed by atoms with Crippen molar-refractivity contribution < 1.29 is 4.79 Å². The van der Waals surface area contributed by atoms with Gasteiger partial charge in [0.05, 0.1) is 12.2 Å². The van der Waals surface area contributed by atoms with E-state index in [4.69, 9.17) is 0 Å². The molecule has 2 aromatic carbocycles. The van der Waals surface area contributed by atoms with Gasteiger partial charge < -0.3 is 5.32 Å². The van der Waals surface area contributed by atoms with Gasteiger partial charge in [0.15, 0.2) is 0 Å². The SMILES string of the molecule is Cc1ccc(NC(=NCc2ccccn2)NC(=O)c2ccc(C)cc2)cc1. The zero-order valence-electron chi connectivity index (χ0n) is 15.4. The average molecular weight is 358 g/mol. The van der Waals surface area contributed by atoms with E-state index in [0.717, 1.165) is 22.5 Å². The molecule has 5 heteroatoms. The topological polar surface area (TPSA) is 66.4 Å². The van der Waals surface area contributed by atoms with Crippen LogP contribution in [0.15, 0.2) is 77.9 Å².